The van der Waals surface area contributed by atoms with E-state index < -0.39 is 0 Å². The van der Waals surface area contributed by atoms with Gasteiger partial charge in [0.05, 0.1) is 11.1 Å². The quantitative estimate of drug-likeness (QED) is 0.734. The molecule has 0 aromatic heterocycles. The van der Waals surface area contributed by atoms with Crippen molar-refractivity contribution >= 4 is 29.5 Å². The normalized spacial score (nSPS) is 17.0. The van der Waals surface area contributed by atoms with E-state index in [0.717, 1.165) is 16.9 Å². The molecule has 4 heteroatoms. The van der Waals surface area contributed by atoms with Crippen molar-refractivity contribution in [3.63, 3.8) is 0 Å². The largest absolute Gasteiger partial charge is 0.489 e. The highest BCUT2D eigenvalue weighted by Crippen LogP contribution is 2.41. The second-order valence-corrected chi connectivity index (χ2v) is 5.44. The van der Waals surface area contributed by atoms with Gasteiger partial charge in [0.25, 0.3) is 0 Å². The zero-order chi connectivity index (χ0) is 15.1. The summed E-state index contributed by atoms with van der Waals surface area (Å²) >= 11 is 6.13. The smallest absolute Gasteiger partial charge is 0.231 e. The van der Waals surface area contributed by atoms with Gasteiger partial charge in [0, 0.05) is 5.02 Å². The van der Waals surface area contributed by atoms with Crippen molar-refractivity contribution in [1.29, 1.82) is 0 Å². The Labute approximate surface area is 132 Å². The van der Waals surface area contributed by atoms with E-state index in [9.17, 15) is 4.79 Å². The lowest BCUT2D eigenvalue weighted by Crippen LogP contribution is -2.01. The minimum atomic E-state index is -0.142. The van der Waals surface area contributed by atoms with E-state index in [1.54, 1.807) is 24.3 Å². The first kappa shape index (κ1) is 13.2. The van der Waals surface area contributed by atoms with E-state index in [0.29, 0.717) is 22.9 Å². The van der Waals surface area contributed by atoms with Crippen LogP contribution in [0.5, 0.6) is 11.5 Å². The summed E-state index contributed by atoms with van der Waals surface area (Å²) < 4.78 is 11.3. The molecule has 0 aliphatic carbocycles. The molecule has 2 aromatic rings. The first-order chi connectivity index (χ1) is 10.7. The summed E-state index contributed by atoms with van der Waals surface area (Å²) in [6, 6.07) is 10.9. The third-order valence-electron chi connectivity index (χ3n) is 3.65. The summed E-state index contributed by atoms with van der Waals surface area (Å²) in [6.45, 7) is 0.530. The molecule has 0 spiro atoms. The average molecular weight is 311 g/mol. The van der Waals surface area contributed by atoms with Gasteiger partial charge in [-0.25, -0.2) is 0 Å². The molecule has 0 amide bonds. The van der Waals surface area contributed by atoms with Crippen molar-refractivity contribution in [2.75, 3.05) is 6.61 Å². The third-order valence-corrected chi connectivity index (χ3v) is 3.99. The molecule has 2 aromatic carbocycles. The first-order valence-electron chi connectivity index (χ1n) is 6.89. The monoisotopic (exact) mass is 310 g/mol. The van der Waals surface area contributed by atoms with Gasteiger partial charge in [-0.05, 0) is 42.0 Å². The van der Waals surface area contributed by atoms with Gasteiger partial charge < -0.3 is 9.47 Å². The number of ketones is 1. The third kappa shape index (κ3) is 2.02. The Bertz CT molecular complexity index is 849. The number of carbonyl (C=O) groups excluding carboxylic acids is 1. The number of allylic oxidation sites excluding steroid dienone is 1. The Morgan fingerprint density at radius 2 is 2.00 bits per heavy atom. The van der Waals surface area contributed by atoms with Crippen molar-refractivity contribution in [2.24, 2.45) is 0 Å². The molecule has 2 heterocycles. The first-order valence-corrected chi connectivity index (χ1v) is 7.27. The molecular weight excluding hydrogens is 300 g/mol. The topological polar surface area (TPSA) is 35.5 Å². The summed E-state index contributed by atoms with van der Waals surface area (Å²) in [5, 5.41) is 0.576. The molecule has 108 valence electrons. The number of carbonyl (C=O) groups is 1. The minimum Gasteiger partial charge on any atom is -0.489 e. The number of Topliss-reactive ketones (excluding diaryl/α,β-unsaturated/α-hetero) is 1. The van der Waals surface area contributed by atoms with E-state index in [1.807, 2.05) is 30.4 Å². The molecule has 0 saturated heterocycles. The second-order valence-electron chi connectivity index (χ2n) is 5.03. The maximum absolute atomic E-state index is 12.5. The lowest BCUT2D eigenvalue weighted by molar-refractivity contribution is 0.101. The van der Waals surface area contributed by atoms with Crippen LogP contribution in [0, 0.1) is 0 Å². The Morgan fingerprint density at radius 3 is 2.86 bits per heavy atom. The molecule has 0 N–H and O–H groups in total. The Morgan fingerprint density at radius 1 is 1.14 bits per heavy atom. The van der Waals surface area contributed by atoms with E-state index in [-0.39, 0.29) is 11.5 Å². The van der Waals surface area contributed by atoms with Gasteiger partial charge in [-0.15, -0.1) is 0 Å². The van der Waals surface area contributed by atoms with E-state index >= 15 is 0 Å². The van der Waals surface area contributed by atoms with Crippen LogP contribution >= 0.6 is 11.6 Å². The van der Waals surface area contributed by atoms with Gasteiger partial charge in [0.15, 0.2) is 5.76 Å². The van der Waals surface area contributed by atoms with Crippen molar-refractivity contribution in [1.82, 2.24) is 0 Å². The van der Waals surface area contributed by atoms with Gasteiger partial charge in [0.2, 0.25) is 5.78 Å². The standard InChI is InChI=1S/C18H11ClO3/c19-14-6-2-1-4-11(14)10-16-17(20)13-7-8-15-12(18(13)22-16)5-3-9-21-15/h1-8,10H,9H2/b16-10-. The fourth-order valence-corrected chi connectivity index (χ4v) is 2.77. The number of rotatable bonds is 1. The summed E-state index contributed by atoms with van der Waals surface area (Å²) in [6.07, 6.45) is 5.49. The molecule has 2 aliphatic heterocycles. The molecule has 4 rings (SSSR count). The lowest BCUT2D eigenvalue weighted by atomic mass is 10.0. The predicted molar refractivity (Wildman–Crippen MR) is 85.4 cm³/mol. The minimum absolute atomic E-state index is 0.142. The molecular formula is C18H11ClO3. The maximum atomic E-state index is 12.5. The highest BCUT2D eigenvalue weighted by Gasteiger charge is 2.31. The fourth-order valence-electron chi connectivity index (χ4n) is 2.58. The summed E-state index contributed by atoms with van der Waals surface area (Å²) in [4.78, 5) is 12.5. The molecule has 3 nitrogen and oxygen atoms in total. The second kappa shape index (κ2) is 5.04. The predicted octanol–water partition coefficient (Wildman–Crippen LogP) is 4.36. The zero-order valence-corrected chi connectivity index (χ0v) is 12.3. The van der Waals surface area contributed by atoms with Crippen molar-refractivity contribution in [2.45, 2.75) is 0 Å². The SMILES string of the molecule is O=C1/C(=C/c2ccccc2Cl)Oc2c1ccc1c2C=CCO1. The van der Waals surface area contributed by atoms with E-state index in [1.165, 1.54) is 0 Å². The molecule has 2 aliphatic rings. The number of hydrogen-bond acceptors (Lipinski definition) is 3. The van der Waals surface area contributed by atoms with Crippen LogP contribution in [0.25, 0.3) is 12.2 Å². The summed E-state index contributed by atoms with van der Waals surface area (Å²) in [5.74, 6) is 1.41. The van der Waals surface area contributed by atoms with Gasteiger partial charge in [-0.1, -0.05) is 29.8 Å². The molecule has 22 heavy (non-hydrogen) atoms. The lowest BCUT2D eigenvalue weighted by Gasteiger charge is -2.14. The van der Waals surface area contributed by atoms with E-state index in [2.05, 4.69) is 0 Å². The van der Waals surface area contributed by atoms with Gasteiger partial charge in [0.1, 0.15) is 18.1 Å². The highest BCUT2D eigenvalue weighted by molar-refractivity contribution is 6.32. The summed E-state index contributed by atoms with van der Waals surface area (Å²) in [5.41, 5.74) is 2.10. The zero-order valence-electron chi connectivity index (χ0n) is 11.5. The summed E-state index contributed by atoms with van der Waals surface area (Å²) in [7, 11) is 0. The Kier molecular flexibility index (Phi) is 3.01. The highest BCUT2D eigenvalue weighted by atomic mass is 35.5. The Hall–Kier alpha value is -2.52. The average Bonchev–Trinajstić information content (AvgIpc) is 2.86. The van der Waals surface area contributed by atoms with Crippen LogP contribution in [0.15, 0.2) is 48.2 Å². The molecule has 0 unspecified atom stereocenters. The van der Waals surface area contributed by atoms with Crippen LogP contribution in [0.1, 0.15) is 21.5 Å². The number of halogens is 1. The van der Waals surface area contributed by atoms with Crippen LogP contribution in [-0.4, -0.2) is 12.4 Å². The number of ether oxygens (including phenoxy) is 2. The van der Waals surface area contributed by atoms with Crippen molar-refractivity contribution < 1.29 is 14.3 Å². The molecule has 0 bridgehead atoms. The molecule has 0 fully saturated rings. The maximum Gasteiger partial charge on any atom is 0.231 e. The van der Waals surface area contributed by atoms with Crippen LogP contribution < -0.4 is 9.47 Å². The van der Waals surface area contributed by atoms with Crippen LogP contribution in [0.3, 0.4) is 0 Å². The van der Waals surface area contributed by atoms with Gasteiger partial charge >= 0.3 is 0 Å². The van der Waals surface area contributed by atoms with Crippen molar-refractivity contribution in [3.8, 4) is 11.5 Å². The van der Waals surface area contributed by atoms with Gasteiger partial charge in [-0.2, -0.15) is 0 Å². The van der Waals surface area contributed by atoms with Crippen molar-refractivity contribution in [3.05, 3.63) is 69.9 Å². The molecule has 0 radical (unpaired) electrons. The number of fused-ring (bicyclic) bond motifs is 3. The number of hydrogen-bond donors (Lipinski definition) is 0. The van der Waals surface area contributed by atoms with Gasteiger partial charge in [-0.3, -0.25) is 4.79 Å². The number of benzene rings is 2. The molecule has 0 saturated carbocycles. The van der Waals surface area contributed by atoms with Crippen LogP contribution in [0.4, 0.5) is 0 Å². The van der Waals surface area contributed by atoms with E-state index in [4.69, 9.17) is 21.1 Å². The van der Waals surface area contributed by atoms with Crippen LogP contribution in [0.2, 0.25) is 5.02 Å². The fraction of sp³-hybridized carbons (Fsp3) is 0.0556. The van der Waals surface area contributed by atoms with Crippen LogP contribution in [-0.2, 0) is 0 Å². The molecule has 0 atom stereocenters. The Balaban J connectivity index is 1.80.